The van der Waals surface area contributed by atoms with Crippen molar-refractivity contribution in [2.45, 2.75) is 31.8 Å². The van der Waals surface area contributed by atoms with Crippen molar-refractivity contribution in [1.82, 2.24) is 5.32 Å². The molecule has 1 aromatic carbocycles. The topological polar surface area (TPSA) is 49.3 Å². The highest BCUT2D eigenvalue weighted by Gasteiger charge is 2.18. The van der Waals surface area contributed by atoms with Gasteiger partial charge in [-0.15, -0.1) is 11.3 Å². The fourth-order valence-electron chi connectivity index (χ4n) is 2.28. The molecule has 0 fully saturated rings. The number of carboxylic acids is 1. The number of aliphatic carboxylic acids is 1. The van der Waals surface area contributed by atoms with Crippen LogP contribution in [0, 0.1) is 0 Å². The predicted molar refractivity (Wildman–Crippen MR) is 87.1 cm³/mol. The van der Waals surface area contributed by atoms with E-state index >= 15 is 0 Å². The standard InChI is InChI=1S/C16H18ClNO2S/c1-11(9-12-4-6-13(17)7-5-12)18-14(10-16(19)20)15-3-2-8-21-15/h2-8,11,14,18H,9-10H2,1H3,(H,19,20). The molecule has 0 aliphatic rings. The molecular weight excluding hydrogens is 306 g/mol. The largest absolute Gasteiger partial charge is 0.481 e. The van der Waals surface area contributed by atoms with Gasteiger partial charge < -0.3 is 10.4 Å². The molecule has 1 aromatic heterocycles. The summed E-state index contributed by atoms with van der Waals surface area (Å²) in [4.78, 5) is 12.1. The second-order valence-corrected chi connectivity index (χ2v) is 6.48. The smallest absolute Gasteiger partial charge is 0.305 e. The van der Waals surface area contributed by atoms with E-state index in [4.69, 9.17) is 16.7 Å². The number of carbonyl (C=O) groups is 1. The Morgan fingerprint density at radius 2 is 2.05 bits per heavy atom. The summed E-state index contributed by atoms with van der Waals surface area (Å²) in [6, 6.07) is 11.7. The third-order valence-corrected chi connectivity index (χ3v) is 4.44. The molecule has 0 aliphatic heterocycles. The molecule has 1 heterocycles. The quantitative estimate of drug-likeness (QED) is 0.805. The van der Waals surface area contributed by atoms with Gasteiger partial charge in [-0.1, -0.05) is 29.8 Å². The van der Waals surface area contributed by atoms with E-state index in [0.717, 1.165) is 16.3 Å². The first-order valence-electron chi connectivity index (χ1n) is 6.80. The zero-order valence-electron chi connectivity index (χ0n) is 11.8. The van der Waals surface area contributed by atoms with Crippen molar-refractivity contribution >= 4 is 28.9 Å². The molecule has 2 aromatic rings. The van der Waals surface area contributed by atoms with Crippen LogP contribution in [-0.2, 0) is 11.2 Å². The molecule has 3 nitrogen and oxygen atoms in total. The molecule has 2 atom stereocenters. The lowest BCUT2D eigenvalue weighted by Crippen LogP contribution is -2.33. The van der Waals surface area contributed by atoms with E-state index in [0.29, 0.717) is 0 Å². The molecule has 0 spiro atoms. The molecule has 21 heavy (non-hydrogen) atoms. The van der Waals surface area contributed by atoms with Gasteiger partial charge in [-0.3, -0.25) is 4.79 Å². The highest BCUT2D eigenvalue weighted by molar-refractivity contribution is 7.10. The van der Waals surface area contributed by atoms with E-state index in [-0.39, 0.29) is 18.5 Å². The minimum Gasteiger partial charge on any atom is -0.481 e. The first-order chi connectivity index (χ1) is 10.0. The summed E-state index contributed by atoms with van der Waals surface area (Å²) in [5, 5.41) is 15.2. The predicted octanol–water partition coefficient (Wildman–Crippen LogP) is 4.14. The minimum absolute atomic E-state index is 0.0888. The van der Waals surface area contributed by atoms with Crippen LogP contribution in [-0.4, -0.2) is 17.1 Å². The first-order valence-corrected chi connectivity index (χ1v) is 8.06. The molecule has 0 amide bonds. The zero-order valence-corrected chi connectivity index (χ0v) is 13.3. The number of rotatable bonds is 7. The Kier molecular flexibility index (Phi) is 5.79. The number of nitrogens with one attached hydrogen (secondary N) is 1. The lowest BCUT2D eigenvalue weighted by molar-refractivity contribution is -0.137. The van der Waals surface area contributed by atoms with Gasteiger partial charge in [0.15, 0.2) is 0 Å². The van der Waals surface area contributed by atoms with Crippen LogP contribution in [0.4, 0.5) is 0 Å². The molecule has 0 saturated heterocycles. The van der Waals surface area contributed by atoms with Gasteiger partial charge in [-0.05, 0) is 42.5 Å². The van der Waals surface area contributed by atoms with Crippen LogP contribution in [0.2, 0.25) is 5.02 Å². The Bertz CT molecular complexity index is 568. The number of thiophene rings is 1. The maximum absolute atomic E-state index is 11.0. The molecule has 0 aliphatic carbocycles. The molecule has 0 saturated carbocycles. The summed E-state index contributed by atoms with van der Waals surface area (Å²) >= 11 is 7.46. The van der Waals surface area contributed by atoms with Crippen molar-refractivity contribution in [3.8, 4) is 0 Å². The second-order valence-electron chi connectivity index (χ2n) is 5.06. The van der Waals surface area contributed by atoms with Gasteiger partial charge in [0.1, 0.15) is 0 Å². The zero-order chi connectivity index (χ0) is 15.2. The van der Waals surface area contributed by atoms with Crippen LogP contribution in [0.15, 0.2) is 41.8 Å². The van der Waals surface area contributed by atoms with Gasteiger partial charge in [0, 0.05) is 15.9 Å². The van der Waals surface area contributed by atoms with Gasteiger partial charge in [-0.25, -0.2) is 0 Å². The van der Waals surface area contributed by atoms with Gasteiger partial charge >= 0.3 is 5.97 Å². The third kappa shape index (κ3) is 5.16. The van der Waals surface area contributed by atoms with Gasteiger partial charge in [0.25, 0.3) is 0 Å². The fourth-order valence-corrected chi connectivity index (χ4v) is 3.20. The molecule has 0 radical (unpaired) electrons. The minimum atomic E-state index is -0.792. The van der Waals surface area contributed by atoms with Crippen LogP contribution in [0.5, 0.6) is 0 Å². The van der Waals surface area contributed by atoms with E-state index in [1.807, 2.05) is 41.8 Å². The third-order valence-electron chi connectivity index (χ3n) is 3.21. The molecule has 0 bridgehead atoms. The van der Waals surface area contributed by atoms with Crippen LogP contribution in [0.25, 0.3) is 0 Å². The average molecular weight is 324 g/mol. The van der Waals surface area contributed by atoms with Crippen LogP contribution < -0.4 is 5.32 Å². The SMILES string of the molecule is CC(Cc1ccc(Cl)cc1)NC(CC(=O)O)c1cccs1. The number of carboxylic acid groups (broad SMARTS) is 1. The van der Waals surface area contributed by atoms with Gasteiger partial charge in [-0.2, -0.15) is 0 Å². The Balaban J connectivity index is 1.99. The van der Waals surface area contributed by atoms with Crippen molar-refractivity contribution in [2.75, 3.05) is 0 Å². The van der Waals surface area contributed by atoms with Crippen molar-refractivity contribution in [3.63, 3.8) is 0 Å². The number of hydrogen-bond donors (Lipinski definition) is 2. The Morgan fingerprint density at radius 1 is 1.33 bits per heavy atom. The lowest BCUT2D eigenvalue weighted by atomic mass is 10.0. The average Bonchev–Trinajstić information content (AvgIpc) is 2.94. The van der Waals surface area contributed by atoms with Gasteiger partial charge in [0.05, 0.1) is 12.5 Å². The van der Waals surface area contributed by atoms with Crippen LogP contribution >= 0.6 is 22.9 Å². The molecule has 112 valence electrons. The molecule has 5 heteroatoms. The molecular formula is C16H18ClNO2S. The monoisotopic (exact) mass is 323 g/mol. The molecule has 2 unspecified atom stereocenters. The Hall–Kier alpha value is -1.36. The van der Waals surface area contributed by atoms with E-state index in [9.17, 15) is 4.79 Å². The van der Waals surface area contributed by atoms with E-state index < -0.39 is 5.97 Å². The van der Waals surface area contributed by atoms with Crippen molar-refractivity contribution in [3.05, 3.63) is 57.2 Å². The second kappa shape index (κ2) is 7.59. The summed E-state index contributed by atoms with van der Waals surface area (Å²) in [5.41, 5.74) is 1.18. The first kappa shape index (κ1) is 16.0. The van der Waals surface area contributed by atoms with E-state index in [1.165, 1.54) is 5.56 Å². The number of halogens is 1. The molecule has 2 rings (SSSR count). The fraction of sp³-hybridized carbons (Fsp3) is 0.312. The van der Waals surface area contributed by atoms with Crippen LogP contribution in [0.1, 0.15) is 29.8 Å². The van der Waals surface area contributed by atoms with Gasteiger partial charge in [0.2, 0.25) is 0 Å². The van der Waals surface area contributed by atoms with E-state index in [2.05, 4.69) is 12.2 Å². The highest BCUT2D eigenvalue weighted by atomic mass is 35.5. The molecule has 2 N–H and O–H groups in total. The van der Waals surface area contributed by atoms with Crippen molar-refractivity contribution in [2.24, 2.45) is 0 Å². The lowest BCUT2D eigenvalue weighted by Gasteiger charge is -2.21. The summed E-state index contributed by atoms with van der Waals surface area (Å²) < 4.78 is 0. The van der Waals surface area contributed by atoms with E-state index in [1.54, 1.807) is 11.3 Å². The Labute approximate surface area is 133 Å². The van der Waals surface area contributed by atoms with Crippen LogP contribution in [0.3, 0.4) is 0 Å². The highest BCUT2D eigenvalue weighted by Crippen LogP contribution is 2.23. The Morgan fingerprint density at radius 3 is 2.62 bits per heavy atom. The van der Waals surface area contributed by atoms with Crippen molar-refractivity contribution < 1.29 is 9.90 Å². The number of benzene rings is 1. The summed E-state index contributed by atoms with van der Waals surface area (Å²) in [6.07, 6.45) is 0.921. The summed E-state index contributed by atoms with van der Waals surface area (Å²) in [5.74, 6) is -0.792. The maximum atomic E-state index is 11.0. The summed E-state index contributed by atoms with van der Waals surface area (Å²) in [7, 11) is 0. The van der Waals surface area contributed by atoms with Crippen molar-refractivity contribution in [1.29, 1.82) is 0 Å². The maximum Gasteiger partial charge on any atom is 0.305 e. The number of hydrogen-bond acceptors (Lipinski definition) is 3. The normalized spacial score (nSPS) is 13.8. The summed E-state index contributed by atoms with van der Waals surface area (Å²) in [6.45, 7) is 2.07.